The third-order valence-electron chi connectivity index (χ3n) is 5.81. The van der Waals surface area contributed by atoms with E-state index in [0.717, 1.165) is 18.2 Å². The molecular weight excluding hydrogens is 509 g/mol. The van der Waals surface area contributed by atoms with E-state index < -0.39 is 16.1 Å². The zero-order chi connectivity index (χ0) is 26.2. The molecule has 0 saturated heterocycles. The number of hydrogen-bond donors (Lipinski definition) is 1. The van der Waals surface area contributed by atoms with Crippen molar-refractivity contribution in [3.63, 3.8) is 0 Å². The molecule has 1 atom stereocenters. The third-order valence-corrected chi connectivity index (χ3v) is 7.71. The average molecular weight is 543 g/mol. The number of rotatable bonds is 12. The first-order chi connectivity index (χ1) is 16.5. The van der Waals surface area contributed by atoms with E-state index in [0.29, 0.717) is 27.7 Å². The number of halogens is 2. The van der Waals surface area contributed by atoms with Gasteiger partial charge in [-0.05, 0) is 49.1 Å². The van der Waals surface area contributed by atoms with Gasteiger partial charge in [-0.15, -0.1) is 0 Å². The van der Waals surface area contributed by atoms with Crippen LogP contribution in [0.25, 0.3) is 0 Å². The van der Waals surface area contributed by atoms with Crippen molar-refractivity contribution in [2.45, 2.75) is 52.1 Å². The maximum absolute atomic E-state index is 13.3. The highest BCUT2D eigenvalue weighted by molar-refractivity contribution is 7.92. The van der Waals surface area contributed by atoms with E-state index in [1.165, 1.54) is 16.3 Å². The van der Waals surface area contributed by atoms with Crippen LogP contribution in [-0.4, -0.2) is 51.0 Å². The molecule has 1 N–H and O–H groups in total. The van der Waals surface area contributed by atoms with E-state index in [1.54, 1.807) is 30.3 Å². The van der Waals surface area contributed by atoms with Crippen molar-refractivity contribution in [1.82, 2.24) is 10.2 Å². The smallest absolute Gasteiger partial charge is 0.242 e. The Hall–Kier alpha value is -2.29. The van der Waals surface area contributed by atoms with Gasteiger partial charge in [0.05, 0.1) is 11.9 Å². The Morgan fingerprint density at radius 2 is 1.63 bits per heavy atom. The molecule has 10 heteroatoms. The minimum Gasteiger partial charge on any atom is -0.357 e. The van der Waals surface area contributed by atoms with E-state index in [4.69, 9.17) is 23.2 Å². The summed E-state index contributed by atoms with van der Waals surface area (Å²) in [5, 5.41) is 3.41. The molecule has 0 heterocycles. The molecule has 2 aromatic carbocycles. The van der Waals surface area contributed by atoms with Gasteiger partial charge in [-0.25, -0.2) is 8.42 Å². The zero-order valence-corrected chi connectivity index (χ0v) is 22.9. The molecule has 2 amide bonds. The average Bonchev–Trinajstić information content (AvgIpc) is 2.82. The maximum Gasteiger partial charge on any atom is 0.242 e. The third kappa shape index (κ3) is 7.85. The van der Waals surface area contributed by atoms with Gasteiger partial charge < -0.3 is 10.2 Å². The topological polar surface area (TPSA) is 86.8 Å². The molecule has 0 aliphatic rings. The Morgan fingerprint density at radius 1 is 1.03 bits per heavy atom. The van der Waals surface area contributed by atoms with Crippen molar-refractivity contribution in [2.75, 3.05) is 24.2 Å². The van der Waals surface area contributed by atoms with Crippen LogP contribution >= 0.6 is 23.2 Å². The second-order valence-corrected chi connectivity index (χ2v) is 10.9. The molecule has 0 spiro atoms. The van der Waals surface area contributed by atoms with E-state index >= 15 is 0 Å². The summed E-state index contributed by atoms with van der Waals surface area (Å²) >= 11 is 12.7. The van der Waals surface area contributed by atoms with E-state index in [-0.39, 0.29) is 37.7 Å². The quantitative estimate of drug-likeness (QED) is 0.423. The van der Waals surface area contributed by atoms with Crippen LogP contribution in [-0.2, 0) is 32.6 Å². The summed E-state index contributed by atoms with van der Waals surface area (Å²) in [7, 11) is -2.03. The minimum atomic E-state index is -3.54. The fourth-order valence-electron chi connectivity index (χ4n) is 3.84. The fourth-order valence-corrected chi connectivity index (χ4v) is 5.32. The number of nitrogens with one attached hydrogen (secondary N) is 1. The van der Waals surface area contributed by atoms with Crippen molar-refractivity contribution in [2.24, 2.45) is 0 Å². The molecule has 7 nitrogen and oxygen atoms in total. The number of carbonyl (C=O) groups is 2. The number of aryl methyl sites for hydroxylation is 1. The lowest BCUT2D eigenvalue weighted by molar-refractivity contribution is -0.141. The molecule has 0 bridgehead atoms. The largest absolute Gasteiger partial charge is 0.357 e. The van der Waals surface area contributed by atoms with Crippen molar-refractivity contribution in [3.05, 3.63) is 63.6 Å². The summed E-state index contributed by atoms with van der Waals surface area (Å²) in [5.41, 5.74) is 2.21. The maximum atomic E-state index is 13.3. The number of benzene rings is 2. The Kier molecular flexibility index (Phi) is 10.9. The van der Waals surface area contributed by atoms with Gasteiger partial charge in [0.15, 0.2) is 0 Å². The molecule has 0 aliphatic heterocycles. The molecule has 0 unspecified atom stereocenters. The second kappa shape index (κ2) is 13.1. The predicted molar refractivity (Wildman–Crippen MR) is 142 cm³/mol. The predicted octanol–water partition coefficient (Wildman–Crippen LogP) is 4.66. The van der Waals surface area contributed by atoms with Gasteiger partial charge in [0.25, 0.3) is 0 Å². The lowest BCUT2D eigenvalue weighted by Crippen LogP contribution is -2.48. The molecule has 2 aromatic rings. The molecule has 0 aliphatic carbocycles. The van der Waals surface area contributed by atoms with E-state index in [1.807, 2.05) is 26.0 Å². The fraction of sp³-hybridized carbons (Fsp3) is 0.440. The van der Waals surface area contributed by atoms with Gasteiger partial charge >= 0.3 is 0 Å². The molecular formula is C25H33Cl2N3O4S. The number of anilines is 1. The van der Waals surface area contributed by atoms with Crippen LogP contribution in [0.5, 0.6) is 0 Å². The molecule has 0 fully saturated rings. The molecule has 2 rings (SSSR count). The summed E-state index contributed by atoms with van der Waals surface area (Å²) in [6.07, 6.45) is 2.72. The van der Waals surface area contributed by atoms with Crippen LogP contribution in [0.4, 0.5) is 5.69 Å². The highest BCUT2D eigenvalue weighted by atomic mass is 35.5. The Labute approximate surface area is 218 Å². The van der Waals surface area contributed by atoms with Crippen LogP contribution < -0.4 is 9.62 Å². The number of amides is 2. The Bertz CT molecular complexity index is 1100. The van der Waals surface area contributed by atoms with Gasteiger partial charge in [-0.1, -0.05) is 55.2 Å². The van der Waals surface area contributed by atoms with Gasteiger partial charge in [0.2, 0.25) is 21.8 Å². The van der Waals surface area contributed by atoms with E-state index in [9.17, 15) is 18.0 Å². The SMILES string of the molecule is CCc1ccc(N(CCCC(=O)N(Cc2c(Cl)cccc2Cl)[C@H](CC)C(=O)NC)S(C)(=O)=O)cc1. The van der Waals surface area contributed by atoms with Crippen molar-refractivity contribution < 1.29 is 18.0 Å². The van der Waals surface area contributed by atoms with Crippen LogP contribution in [0.15, 0.2) is 42.5 Å². The molecule has 0 aromatic heterocycles. The Balaban J connectivity index is 2.23. The molecule has 0 saturated carbocycles. The monoisotopic (exact) mass is 541 g/mol. The first-order valence-electron chi connectivity index (χ1n) is 11.5. The zero-order valence-electron chi connectivity index (χ0n) is 20.6. The normalized spacial score (nSPS) is 12.2. The standard InChI is InChI=1S/C25H33Cl2N3O4S/c1-5-18-12-14-19(15-13-18)30(35(4,33)34)16-8-11-24(31)29(23(6-2)25(32)28-3)17-20-21(26)9-7-10-22(20)27/h7,9-10,12-15,23H,5-6,8,11,16-17H2,1-4H3,(H,28,32)/t23-/m1/s1. The van der Waals surface area contributed by atoms with Gasteiger partial charge in [0.1, 0.15) is 6.04 Å². The van der Waals surface area contributed by atoms with Crippen LogP contribution in [0.2, 0.25) is 10.0 Å². The number of nitrogens with zero attached hydrogens (tertiary/aromatic N) is 2. The summed E-state index contributed by atoms with van der Waals surface area (Å²) in [6, 6.07) is 11.7. The van der Waals surface area contributed by atoms with Crippen molar-refractivity contribution in [3.8, 4) is 0 Å². The first kappa shape index (κ1) is 28.9. The summed E-state index contributed by atoms with van der Waals surface area (Å²) in [5.74, 6) is -0.580. The van der Waals surface area contributed by atoms with E-state index in [2.05, 4.69) is 5.32 Å². The molecule has 192 valence electrons. The first-order valence-corrected chi connectivity index (χ1v) is 14.1. The van der Waals surface area contributed by atoms with Crippen LogP contribution in [0.3, 0.4) is 0 Å². The van der Waals surface area contributed by atoms with Gasteiger partial charge in [-0.3, -0.25) is 13.9 Å². The minimum absolute atomic E-state index is 0.0502. The number of sulfonamides is 1. The summed E-state index contributed by atoms with van der Waals surface area (Å²) in [4.78, 5) is 27.3. The number of carbonyl (C=O) groups excluding carboxylic acids is 2. The highest BCUT2D eigenvalue weighted by Crippen LogP contribution is 2.27. The van der Waals surface area contributed by atoms with Crippen LogP contribution in [0, 0.1) is 0 Å². The number of hydrogen-bond acceptors (Lipinski definition) is 4. The second-order valence-electron chi connectivity index (χ2n) is 8.22. The van der Waals surface area contributed by atoms with Gasteiger partial charge in [0, 0.05) is 42.2 Å². The summed E-state index contributed by atoms with van der Waals surface area (Å²) < 4.78 is 26.2. The van der Waals surface area contributed by atoms with Gasteiger partial charge in [-0.2, -0.15) is 0 Å². The lowest BCUT2D eigenvalue weighted by Gasteiger charge is -2.31. The molecule has 0 radical (unpaired) electrons. The van der Waals surface area contributed by atoms with Crippen LogP contribution in [0.1, 0.15) is 44.2 Å². The van der Waals surface area contributed by atoms with Crippen molar-refractivity contribution >= 4 is 50.7 Å². The van der Waals surface area contributed by atoms with Crippen molar-refractivity contribution in [1.29, 1.82) is 0 Å². The summed E-state index contributed by atoms with van der Waals surface area (Å²) in [6.45, 7) is 4.05. The lowest BCUT2D eigenvalue weighted by atomic mass is 10.1. The molecule has 35 heavy (non-hydrogen) atoms. The number of likely N-dealkylation sites (N-methyl/N-ethyl adjacent to an activating group) is 1. The Morgan fingerprint density at radius 3 is 2.11 bits per heavy atom. The highest BCUT2D eigenvalue weighted by Gasteiger charge is 2.29.